The average Bonchev–Trinajstić information content (AvgIpc) is 3.32. The number of benzene rings is 1. The summed E-state index contributed by atoms with van der Waals surface area (Å²) in [4.78, 5) is 7.61. The van der Waals surface area contributed by atoms with Gasteiger partial charge in [0.05, 0.1) is 11.4 Å². The summed E-state index contributed by atoms with van der Waals surface area (Å²) in [5.74, 6) is 0.870. The fourth-order valence-corrected chi connectivity index (χ4v) is 3.70. The first kappa shape index (κ1) is 16.2. The predicted octanol–water partition coefficient (Wildman–Crippen LogP) is 4.12. The summed E-state index contributed by atoms with van der Waals surface area (Å²) >= 11 is 1.57. The van der Waals surface area contributed by atoms with Gasteiger partial charge in [-0.3, -0.25) is 0 Å². The van der Waals surface area contributed by atoms with E-state index in [0.717, 1.165) is 23.4 Å². The summed E-state index contributed by atoms with van der Waals surface area (Å²) in [5.41, 5.74) is 0.822. The van der Waals surface area contributed by atoms with Crippen LogP contribution in [0.3, 0.4) is 0 Å². The topological polar surface area (TPSA) is 51.4 Å². The lowest BCUT2D eigenvalue weighted by Crippen LogP contribution is -2.39. The molecule has 0 spiro atoms. The second-order valence-electron chi connectivity index (χ2n) is 5.94. The largest absolute Gasteiger partial charge is 0.381 e. The molecule has 7 heteroatoms. The third-order valence-corrected chi connectivity index (χ3v) is 5.15. The van der Waals surface area contributed by atoms with E-state index in [9.17, 15) is 4.39 Å². The Morgan fingerprint density at radius 2 is 2.08 bits per heavy atom. The van der Waals surface area contributed by atoms with Crippen LogP contribution >= 0.6 is 11.3 Å². The number of hydrogen-bond donors (Lipinski definition) is 0. The van der Waals surface area contributed by atoms with Crippen molar-refractivity contribution in [2.75, 3.05) is 18.1 Å². The summed E-state index contributed by atoms with van der Waals surface area (Å²) in [6.07, 6.45) is 1.78. The van der Waals surface area contributed by atoms with Crippen molar-refractivity contribution < 1.29 is 13.7 Å². The molecule has 1 aliphatic rings. The Bertz CT molecular complexity index is 815. The molecule has 130 valence electrons. The molecule has 0 radical (unpaired) electrons. The number of anilines is 1. The maximum Gasteiger partial charge on any atom is 0.246 e. The first-order valence-corrected chi connectivity index (χ1v) is 9.14. The van der Waals surface area contributed by atoms with Crippen LogP contribution in [0, 0.1) is 5.82 Å². The Morgan fingerprint density at radius 1 is 1.20 bits per heavy atom. The van der Waals surface area contributed by atoms with Crippen molar-refractivity contribution >= 4 is 17.0 Å². The second kappa shape index (κ2) is 7.33. The molecule has 2 aromatic heterocycles. The fraction of sp³-hybridized carbons (Fsp3) is 0.333. The van der Waals surface area contributed by atoms with Gasteiger partial charge in [0.15, 0.2) is 0 Å². The van der Waals surface area contributed by atoms with Gasteiger partial charge in [0.25, 0.3) is 0 Å². The zero-order valence-electron chi connectivity index (χ0n) is 13.6. The molecule has 3 aromatic rings. The number of hydrogen-bond acceptors (Lipinski definition) is 6. The summed E-state index contributed by atoms with van der Waals surface area (Å²) in [5, 5.41) is 6.05. The molecule has 1 aliphatic heterocycles. The first-order chi connectivity index (χ1) is 12.3. The van der Waals surface area contributed by atoms with Gasteiger partial charge >= 0.3 is 0 Å². The normalized spacial score (nSPS) is 15.4. The minimum absolute atomic E-state index is 0.251. The highest BCUT2D eigenvalue weighted by Crippen LogP contribution is 2.27. The van der Waals surface area contributed by atoms with Gasteiger partial charge in [-0.05, 0) is 42.5 Å². The molecular weight excluding hydrogens is 341 g/mol. The Labute approximate surface area is 149 Å². The van der Waals surface area contributed by atoms with Crippen molar-refractivity contribution in [3.63, 3.8) is 0 Å². The van der Waals surface area contributed by atoms with Crippen molar-refractivity contribution in [1.82, 2.24) is 10.1 Å². The van der Waals surface area contributed by atoms with Crippen LogP contribution in [0.15, 0.2) is 46.3 Å². The quantitative estimate of drug-likeness (QED) is 0.686. The van der Waals surface area contributed by atoms with Gasteiger partial charge in [0.1, 0.15) is 5.82 Å². The maximum atomic E-state index is 13.7. The standard InChI is InChI=1S/C18H18FN3O2S/c19-13-3-1-4-15(11-13)22(14-6-8-23-9-7-14)12-17-20-18(21-24-17)16-5-2-10-25-16/h1-5,10-11,14H,6-9,12H2. The number of halogens is 1. The lowest BCUT2D eigenvalue weighted by Gasteiger charge is -2.35. The van der Waals surface area contributed by atoms with Crippen LogP contribution in [0.2, 0.25) is 0 Å². The summed E-state index contributed by atoms with van der Waals surface area (Å²) < 4.78 is 24.6. The number of rotatable bonds is 5. The van der Waals surface area contributed by atoms with Crippen LogP contribution in [0.1, 0.15) is 18.7 Å². The maximum absolute atomic E-state index is 13.7. The number of aromatic nitrogens is 2. The molecule has 0 atom stereocenters. The zero-order valence-corrected chi connectivity index (χ0v) is 14.4. The molecule has 0 amide bonds. The smallest absolute Gasteiger partial charge is 0.246 e. The van der Waals surface area contributed by atoms with Crippen molar-refractivity contribution in [2.24, 2.45) is 0 Å². The van der Waals surface area contributed by atoms with E-state index in [0.29, 0.717) is 31.5 Å². The van der Waals surface area contributed by atoms with E-state index in [1.54, 1.807) is 23.5 Å². The lowest BCUT2D eigenvalue weighted by molar-refractivity contribution is 0.0836. The number of nitrogens with zero attached hydrogens (tertiary/aromatic N) is 3. The molecule has 3 heterocycles. The Morgan fingerprint density at radius 3 is 2.84 bits per heavy atom. The molecular formula is C18H18FN3O2S. The summed E-state index contributed by atoms with van der Waals surface area (Å²) in [7, 11) is 0. The molecule has 1 aromatic carbocycles. The van der Waals surface area contributed by atoms with Gasteiger partial charge in [-0.2, -0.15) is 4.98 Å². The molecule has 0 aliphatic carbocycles. The van der Waals surface area contributed by atoms with E-state index in [1.807, 2.05) is 23.6 Å². The van der Waals surface area contributed by atoms with E-state index in [1.165, 1.54) is 6.07 Å². The molecule has 5 nitrogen and oxygen atoms in total. The van der Waals surface area contributed by atoms with E-state index >= 15 is 0 Å². The van der Waals surface area contributed by atoms with Gasteiger partial charge in [-0.1, -0.05) is 17.3 Å². The molecule has 1 saturated heterocycles. The minimum Gasteiger partial charge on any atom is -0.381 e. The molecule has 0 bridgehead atoms. The van der Waals surface area contributed by atoms with Crippen molar-refractivity contribution in [1.29, 1.82) is 0 Å². The monoisotopic (exact) mass is 359 g/mol. The van der Waals surface area contributed by atoms with Crippen LogP contribution in [0.5, 0.6) is 0 Å². The zero-order chi connectivity index (χ0) is 17.1. The van der Waals surface area contributed by atoms with Gasteiger partial charge in [-0.25, -0.2) is 4.39 Å². The Hall–Kier alpha value is -2.25. The fourth-order valence-electron chi connectivity index (χ4n) is 3.05. The van der Waals surface area contributed by atoms with Crippen molar-refractivity contribution in [3.05, 3.63) is 53.5 Å². The van der Waals surface area contributed by atoms with Gasteiger partial charge in [-0.15, -0.1) is 11.3 Å². The van der Waals surface area contributed by atoms with Crippen LogP contribution in [-0.4, -0.2) is 29.4 Å². The first-order valence-electron chi connectivity index (χ1n) is 8.26. The molecule has 4 rings (SSSR count). The second-order valence-corrected chi connectivity index (χ2v) is 6.89. The van der Waals surface area contributed by atoms with Crippen LogP contribution in [0.25, 0.3) is 10.7 Å². The predicted molar refractivity (Wildman–Crippen MR) is 94.0 cm³/mol. The van der Waals surface area contributed by atoms with E-state index < -0.39 is 0 Å². The average molecular weight is 359 g/mol. The van der Waals surface area contributed by atoms with Crippen molar-refractivity contribution in [3.8, 4) is 10.7 Å². The Balaban J connectivity index is 1.59. The lowest BCUT2D eigenvalue weighted by atomic mass is 10.1. The van der Waals surface area contributed by atoms with Crippen LogP contribution < -0.4 is 4.90 Å². The highest BCUT2D eigenvalue weighted by atomic mass is 32.1. The van der Waals surface area contributed by atoms with Crippen molar-refractivity contribution in [2.45, 2.75) is 25.4 Å². The third-order valence-electron chi connectivity index (χ3n) is 4.29. The minimum atomic E-state index is -0.251. The van der Waals surface area contributed by atoms with Crippen LogP contribution in [-0.2, 0) is 11.3 Å². The van der Waals surface area contributed by atoms with Gasteiger partial charge in [0.2, 0.25) is 11.7 Å². The van der Waals surface area contributed by atoms with Crippen LogP contribution in [0.4, 0.5) is 10.1 Å². The van der Waals surface area contributed by atoms with E-state index in [2.05, 4.69) is 15.0 Å². The van der Waals surface area contributed by atoms with Gasteiger partial charge < -0.3 is 14.2 Å². The Kier molecular flexibility index (Phi) is 4.76. The van der Waals surface area contributed by atoms with E-state index in [4.69, 9.17) is 9.26 Å². The summed E-state index contributed by atoms with van der Waals surface area (Å²) in [6.45, 7) is 1.87. The highest BCUT2D eigenvalue weighted by molar-refractivity contribution is 7.13. The van der Waals surface area contributed by atoms with E-state index in [-0.39, 0.29) is 11.9 Å². The molecule has 0 saturated carbocycles. The molecule has 0 unspecified atom stereocenters. The number of ether oxygens (including phenoxy) is 1. The molecule has 1 fully saturated rings. The highest BCUT2D eigenvalue weighted by Gasteiger charge is 2.24. The molecule has 0 N–H and O–H groups in total. The number of thiophene rings is 1. The third kappa shape index (κ3) is 3.72. The van der Waals surface area contributed by atoms with Gasteiger partial charge in [0, 0.05) is 24.9 Å². The molecule has 25 heavy (non-hydrogen) atoms. The summed E-state index contributed by atoms with van der Waals surface area (Å²) in [6, 6.07) is 10.8. The SMILES string of the molecule is Fc1cccc(N(Cc2nc(-c3cccs3)no2)C2CCOCC2)c1.